The lowest BCUT2D eigenvalue weighted by Crippen LogP contribution is -2.30. The summed E-state index contributed by atoms with van der Waals surface area (Å²) in [5.74, 6) is -0.485. The summed E-state index contributed by atoms with van der Waals surface area (Å²) in [6.07, 6.45) is 15.0. The standard InChI is InChI=1S/C22H40O4/c1-3-5-7-8-9-10-11-12-17-26-22(24)20-15-13-14-19(18-20)21(23)25-16-6-4-2/h19-20H,3-18H2,1-2H3. The minimum atomic E-state index is -0.126. The fourth-order valence-corrected chi connectivity index (χ4v) is 3.58. The van der Waals surface area contributed by atoms with Crippen LogP contribution in [-0.2, 0) is 19.1 Å². The average molecular weight is 369 g/mol. The molecule has 1 saturated carbocycles. The van der Waals surface area contributed by atoms with Gasteiger partial charge in [-0.25, -0.2) is 0 Å². The molecule has 4 heteroatoms. The van der Waals surface area contributed by atoms with E-state index in [1.807, 2.05) is 0 Å². The Balaban J connectivity index is 2.11. The lowest BCUT2D eigenvalue weighted by molar-refractivity contribution is -0.155. The molecule has 1 aliphatic rings. The molecule has 0 aromatic heterocycles. The van der Waals surface area contributed by atoms with E-state index in [9.17, 15) is 9.59 Å². The van der Waals surface area contributed by atoms with E-state index in [1.54, 1.807) is 0 Å². The molecule has 1 fully saturated rings. The second-order valence-corrected chi connectivity index (χ2v) is 7.72. The maximum atomic E-state index is 12.3. The van der Waals surface area contributed by atoms with E-state index in [2.05, 4.69) is 13.8 Å². The Morgan fingerprint density at radius 1 is 0.692 bits per heavy atom. The van der Waals surface area contributed by atoms with Gasteiger partial charge >= 0.3 is 11.9 Å². The van der Waals surface area contributed by atoms with Gasteiger partial charge in [-0.3, -0.25) is 9.59 Å². The van der Waals surface area contributed by atoms with Crippen LogP contribution in [0.25, 0.3) is 0 Å². The van der Waals surface area contributed by atoms with Gasteiger partial charge < -0.3 is 9.47 Å². The number of unbranched alkanes of at least 4 members (excludes halogenated alkanes) is 8. The molecule has 26 heavy (non-hydrogen) atoms. The summed E-state index contributed by atoms with van der Waals surface area (Å²) >= 11 is 0. The van der Waals surface area contributed by atoms with Gasteiger partial charge in [0.25, 0.3) is 0 Å². The molecule has 0 amide bonds. The van der Waals surface area contributed by atoms with Crippen molar-refractivity contribution in [2.24, 2.45) is 11.8 Å². The molecule has 0 heterocycles. The van der Waals surface area contributed by atoms with Crippen LogP contribution in [0.2, 0.25) is 0 Å². The van der Waals surface area contributed by atoms with Crippen molar-refractivity contribution in [1.29, 1.82) is 0 Å². The largest absolute Gasteiger partial charge is 0.465 e. The van der Waals surface area contributed by atoms with Crippen molar-refractivity contribution in [2.45, 2.75) is 104 Å². The molecule has 4 nitrogen and oxygen atoms in total. The molecule has 0 radical (unpaired) electrons. The molecular formula is C22H40O4. The summed E-state index contributed by atoms with van der Waals surface area (Å²) < 4.78 is 10.8. The van der Waals surface area contributed by atoms with Crippen LogP contribution in [0, 0.1) is 11.8 Å². The van der Waals surface area contributed by atoms with Gasteiger partial charge in [0, 0.05) is 0 Å². The normalized spacial score (nSPS) is 19.9. The highest BCUT2D eigenvalue weighted by molar-refractivity contribution is 5.76. The Hall–Kier alpha value is -1.06. The van der Waals surface area contributed by atoms with E-state index in [1.165, 1.54) is 38.5 Å². The lowest BCUT2D eigenvalue weighted by Gasteiger charge is -2.26. The molecule has 0 aromatic carbocycles. The molecule has 2 atom stereocenters. The number of carbonyl (C=O) groups is 2. The van der Waals surface area contributed by atoms with E-state index in [4.69, 9.17) is 9.47 Å². The van der Waals surface area contributed by atoms with Crippen LogP contribution in [0.4, 0.5) is 0 Å². The van der Waals surface area contributed by atoms with Crippen molar-refractivity contribution in [1.82, 2.24) is 0 Å². The summed E-state index contributed by atoms with van der Waals surface area (Å²) in [6.45, 7) is 5.33. The number of esters is 2. The van der Waals surface area contributed by atoms with Crippen molar-refractivity contribution in [3.05, 3.63) is 0 Å². The maximum absolute atomic E-state index is 12.3. The van der Waals surface area contributed by atoms with Crippen LogP contribution in [0.5, 0.6) is 0 Å². The van der Waals surface area contributed by atoms with Gasteiger partial charge in [0.1, 0.15) is 0 Å². The minimum Gasteiger partial charge on any atom is -0.465 e. The highest BCUT2D eigenvalue weighted by Gasteiger charge is 2.32. The number of carbonyl (C=O) groups excluding carboxylic acids is 2. The summed E-state index contributed by atoms with van der Waals surface area (Å²) in [5.41, 5.74) is 0. The number of hydrogen-bond acceptors (Lipinski definition) is 4. The summed E-state index contributed by atoms with van der Waals surface area (Å²) in [4.78, 5) is 24.4. The number of ether oxygens (including phenoxy) is 2. The SMILES string of the molecule is CCCCCCCCCCOC(=O)C1CCCC(C(=O)OCCCC)C1. The van der Waals surface area contributed by atoms with Crippen LogP contribution < -0.4 is 0 Å². The van der Waals surface area contributed by atoms with Crippen molar-refractivity contribution >= 4 is 11.9 Å². The van der Waals surface area contributed by atoms with E-state index in [0.717, 1.165) is 44.9 Å². The Bertz CT molecular complexity index is 380. The van der Waals surface area contributed by atoms with Gasteiger partial charge in [0.2, 0.25) is 0 Å². The van der Waals surface area contributed by atoms with Crippen molar-refractivity contribution in [3.63, 3.8) is 0 Å². The van der Waals surface area contributed by atoms with Gasteiger partial charge in [-0.1, -0.05) is 71.6 Å². The Kier molecular flexibility index (Phi) is 13.3. The zero-order valence-electron chi connectivity index (χ0n) is 17.1. The van der Waals surface area contributed by atoms with Crippen molar-refractivity contribution in [3.8, 4) is 0 Å². The van der Waals surface area contributed by atoms with Gasteiger partial charge in [-0.15, -0.1) is 0 Å². The first-order chi connectivity index (χ1) is 12.7. The molecule has 0 N–H and O–H groups in total. The van der Waals surface area contributed by atoms with E-state index in [0.29, 0.717) is 19.6 Å². The van der Waals surface area contributed by atoms with Crippen LogP contribution in [0.1, 0.15) is 104 Å². The molecule has 152 valence electrons. The Morgan fingerprint density at radius 2 is 1.15 bits per heavy atom. The summed E-state index contributed by atoms with van der Waals surface area (Å²) in [7, 11) is 0. The van der Waals surface area contributed by atoms with Crippen LogP contribution in [0.15, 0.2) is 0 Å². The molecule has 2 unspecified atom stereocenters. The topological polar surface area (TPSA) is 52.6 Å². The van der Waals surface area contributed by atoms with Crippen molar-refractivity contribution in [2.75, 3.05) is 13.2 Å². The molecule has 0 saturated heterocycles. The number of rotatable bonds is 14. The van der Waals surface area contributed by atoms with Crippen LogP contribution >= 0.6 is 0 Å². The third kappa shape index (κ3) is 10.2. The van der Waals surface area contributed by atoms with Crippen LogP contribution in [0.3, 0.4) is 0 Å². The van der Waals surface area contributed by atoms with E-state index >= 15 is 0 Å². The molecule has 1 aliphatic carbocycles. The second-order valence-electron chi connectivity index (χ2n) is 7.72. The first kappa shape index (κ1) is 23.0. The monoisotopic (exact) mass is 368 g/mol. The highest BCUT2D eigenvalue weighted by Crippen LogP contribution is 2.31. The van der Waals surface area contributed by atoms with Crippen LogP contribution in [-0.4, -0.2) is 25.2 Å². The zero-order chi connectivity index (χ0) is 19.0. The Labute approximate surface area is 160 Å². The van der Waals surface area contributed by atoms with Gasteiger partial charge in [0.15, 0.2) is 0 Å². The predicted molar refractivity (Wildman–Crippen MR) is 105 cm³/mol. The van der Waals surface area contributed by atoms with Crippen molar-refractivity contribution < 1.29 is 19.1 Å². The second kappa shape index (κ2) is 15.0. The third-order valence-corrected chi connectivity index (χ3v) is 5.33. The number of hydrogen-bond donors (Lipinski definition) is 0. The maximum Gasteiger partial charge on any atom is 0.308 e. The predicted octanol–water partition coefficient (Wildman–Crippen LogP) is 5.82. The first-order valence-corrected chi connectivity index (χ1v) is 11.0. The molecule has 0 aliphatic heterocycles. The zero-order valence-corrected chi connectivity index (χ0v) is 17.1. The third-order valence-electron chi connectivity index (χ3n) is 5.33. The summed E-state index contributed by atoms with van der Waals surface area (Å²) in [6, 6.07) is 0. The molecule has 0 bridgehead atoms. The molecular weight excluding hydrogens is 328 g/mol. The van der Waals surface area contributed by atoms with E-state index in [-0.39, 0.29) is 23.8 Å². The molecule has 1 rings (SSSR count). The summed E-state index contributed by atoms with van der Waals surface area (Å²) in [5, 5.41) is 0. The minimum absolute atomic E-state index is 0.112. The Morgan fingerprint density at radius 3 is 1.69 bits per heavy atom. The fraction of sp³-hybridized carbons (Fsp3) is 0.909. The smallest absolute Gasteiger partial charge is 0.308 e. The van der Waals surface area contributed by atoms with Gasteiger partial charge in [-0.2, -0.15) is 0 Å². The van der Waals surface area contributed by atoms with E-state index < -0.39 is 0 Å². The molecule has 0 spiro atoms. The highest BCUT2D eigenvalue weighted by atomic mass is 16.5. The first-order valence-electron chi connectivity index (χ1n) is 11.0. The average Bonchev–Trinajstić information content (AvgIpc) is 2.66. The quantitative estimate of drug-likeness (QED) is 0.286. The molecule has 0 aromatic rings. The fourth-order valence-electron chi connectivity index (χ4n) is 3.58. The van der Waals surface area contributed by atoms with Gasteiger partial charge in [0.05, 0.1) is 25.0 Å². The lowest BCUT2D eigenvalue weighted by atomic mass is 9.81. The van der Waals surface area contributed by atoms with Gasteiger partial charge in [-0.05, 0) is 32.1 Å².